The number of nitrogens with zero attached hydrogens (tertiary/aromatic N) is 2. The van der Waals surface area contributed by atoms with E-state index in [4.69, 9.17) is 16.4 Å². The molecule has 0 amide bonds. The van der Waals surface area contributed by atoms with Gasteiger partial charge in [-0.05, 0) is 55.7 Å². The van der Waals surface area contributed by atoms with E-state index in [1.807, 2.05) is 12.1 Å². The van der Waals surface area contributed by atoms with E-state index in [1.54, 1.807) is 0 Å². The van der Waals surface area contributed by atoms with E-state index >= 15 is 0 Å². The molecule has 124 valence electrons. The maximum atomic E-state index is 9.28. The van der Waals surface area contributed by atoms with E-state index in [0.717, 1.165) is 12.8 Å². The highest BCUT2D eigenvalue weighted by atomic mass is 35.5. The fraction of sp³-hybridized carbons (Fsp3) is 0.632. The lowest BCUT2D eigenvalue weighted by atomic mass is 9.59. The Morgan fingerprint density at radius 1 is 1.30 bits per heavy atom. The van der Waals surface area contributed by atoms with E-state index in [1.165, 1.54) is 5.56 Å². The minimum atomic E-state index is -0.153. The molecule has 3 rings (SSSR count). The van der Waals surface area contributed by atoms with Crippen LogP contribution in [-0.2, 0) is 10.3 Å². The summed E-state index contributed by atoms with van der Waals surface area (Å²) in [5.74, 6) is 1.01. The van der Waals surface area contributed by atoms with E-state index in [2.05, 4.69) is 51.9 Å². The molecule has 1 aliphatic heterocycles. The van der Waals surface area contributed by atoms with Gasteiger partial charge >= 0.3 is 0 Å². The van der Waals surface area contributed by atoms with E-state index in [-0.39, 0.29) is 11.0 Å². The number of hydroxylamine groups is 2. The largest absolute Gasteiger partial charge is 0.293 e. The second-order valence-electron chi connectivity index (χ2n) is 8.09. The zero-order valence-corrected chi connectivity index (χ0v) is 15.3. The molecule has 2 fully saturated rings. The Balaban J connectivity index is 1.99. The van der Waals surface area contributed by atoms with Gasteiger partial charge in [-0.2, -0.15) is 10.3 Å². The molecular weight excluding hydrogens is 308 g/mol. The van der Waals surface area contributed by atoms with Gasteiger partial charge in [0, 0.05) is 19.0 Å². The van der Waals surface area contributed by atoms with Gasteiger partial charge in [-0.25, -0.2) is 0 Å². The Bertz CT molecular complexity index is 666. The van der Waals surface area contributed by atoms with Crippen LogP contribution in [0.3, 0.4) is 0 Å². The highest BCUT2D eigenvalue weighted by Crippen LogP contribution is 2.53. The number of hydrogen-bond acceptors (Lipinski definition) is 3. The molecule has 1 aromatic carbocycles. The lowest BCUT2D eigenvalue weighted by molar-refractivity contribution is -0.182. The van der Waals surface area contributed by atoms with Crippen LogP contribution in [0.5, 0.6) is 0 Å². The standard InChI is InChI=1S/C19H25ClN2O/c1-12-9-19(4,14-6-7-16(20)13(8-14)11-21)10-15-17(12)22(5)23-18(15,2)3/h6-8,12,15,17H,9-10H2,1-5H3/t12-,15+,17+,19+/m0/s1. The Labute approximate surface area is 144 Å². The SMILES string of the molecule is C[C@H]1C[C@@](C)(c2ccc(Cl)c(C#N)c2)C[C@@H]2[C@@H]1N(C)OC2(C)C. The predicted octanol–water partition coefficient (Wildman–Crippen LogP) is 4.54. The van der Waals surface area contributed by atoms with Crippen molar-refractivity contribution in [3.8, 4) is 6.07 Å². The van der Waals surface area contributed by atoms with Crippen molar-refractivity contribution in [1.29, 1.82) is 5.26 Å². The van der Waals surface area contributed by atoms with Crippen molar-refractivity contribution in [3.63, 3.8) is 0 Å². The monoisotopic (exact) mass is 332 g/mol. The zero-order chi connectivity index (χ0) is 17.0. The molecule has 0 radical (unpaired) electrons. The smallest absolute Gasteiger partial charge is 0.101 e. The normalized spacial score (nSPS) is 36.5. The summed E-state index contributed by atoms with van der Waals surface area (Å²) < 4.78 is 0. The van der Waals surface area contributed by atoms with Gasteiger partial charge in [0.15, 0.2) is 0 Å². The Morgan fingerprint density at radius 2 is 2.00 bits per heavy atom. The van der Waals surface area contributed by atoms with Crippen LogP contribution < -0.4 is 0 Å². The topological polar surface area (TPSA) is 36.3 Å². The molecule has 3 nitrogen and oxygen atoms in total. The summed E-state index contributed by atoms with van der Waals surface area (Å²) in [4.78, 5) is 6.12. The molecule has 2 aliphatic rings. The fourth-order valence-corrected chi connectivity index (χ4v) is 5.07. The van der Waals surface area contributed by atoms with Crippen LogP contribution in [0.25, 0.3) is 0 Å². The average Bonchev–Trinajstić information content (AvgIpc) is 2.68. The van der Waals surface area contributed by atoms with Crippen LogP contribution in [-0.4, -0.2) is 23.8 Å². The van der Waals surface area contributed by atoms with E-state index < -0.39 is 0 Å². The quantitative estimate of drug-likeness (QED) is 0.757. The molecule has 23 heavy (non-hydrogen) atoms. The van der Waals surface area contributed by atoms with Gasteiger partial charge in [0.05, 0.1) is 16.2 Å². The van der Waals surface area contributed by atoms with Gasteiger partial charge in [-0.3, -0.25) is 4.84 Å². The van der Waals surface area contributed by atoms with Crippen LogP contribution in [0.1, 0.15) is 51.7 Å². The van der Waals surface area contributed by atoms with Gasteiger partial charge < -0.3 is 0 Å². The molecule has 0 unspecified atom stereocenters. The van der Waals surface area contributed by atoms with Crippen molar-refractivity contribution in [2.24, 2.45) is 11.8 Å². The van der Waals surface area contributed by atoms with Crippen LogP contribution in [0.15, 0.2) is 18.2 Å². The first-order valence-corrected chi connectivity index (χ1v) is 8.68. The van der Waals surface area contributed by atoms with Crippen molar-refractivity contribution in [2.45, 2.75) is 57.6 Å². The van der Waals surface area contributed by atoms with Crippen LogP contribution in [0.2, 0.25) is 5.02 Å². The second-order valence-corrected chi connectivity index (χ2v) is 8.50. The molecule has 4 heteroatoms. The number of halogens is 1. The number of rotatable bonds is 1. The third-order valence-corrected chi connectivity index (χ3v) is 6.24. The first-order valence-electron chi connectivity index (χ1n) is 8.30. The first kappa shape index (κ1) is 16.8. The second kappa shape index (κ2) is 5.48. The van der Waals surface area contributed by atoms with Crippen LogP contribution in [0, 0.1) is 23.2 Å². The number of hydrogen-bond donors (Lipinski definition) is 0. The Kier molecular flexibility index (Phi) is 3.99. The summed E-state index contributed by atoms with van der Waals surface area (Å²) in [5, 5.41) is 11.9. The molecule has 1 saturated carbocycles. The molecule has 1 saturated heterocycles. The number of nitriles is 1. The first-order chi connectivity index (χ1) is 10.7. The molecule has 0 aromatic heterocycles. The van der Waals surface area contributed by atoms with Crippen molar-refractivity contribution < 1.29 is 4.84 Å². The van der Waals surface area contributed by atoms with Gasteiger partial charge in [-0.1, -0.05) is 31.5 Å². The molecule has 0 N–H and O–H groups in total. The van der Waals surface area contributed by atoms with Crippen LogP contribution in [0.4, 0.5) is 0 Å². The molecule has 0 bridgehead atoms. The third-order valence-electron chi connectivity index (χ3n) is 5.91. The molecule has 1 aromatic rings. The van der Waals surface area contributed by atoms with E-state index in [0.29, 0.717) is 28.5 Å². The summed E-state index contributed by atoms with van der Waals surface area (Å²) >= 11 is 6.11. The minimum Gasteiger partial charge on any atom is -0.293 e. The third kappa shape index (κ3) is 2.67. The van der Waals surface area contributed by atoms with Crippen molar-refractivity contribution in [3.05, 3.63) is 34.3 Å². The molecule has 1 heterocycles. The minimum absolute atomic E-state index is 0.0442. The zero-order valence-electron chi connectivity index (χ0n) is 14.6. The van der Waals surface area contributed by atoms with Crippen molar-refractivity contribution in [1.82, 2.24) is 5.06 Å². The average molecular weight is 333 g/mol. The lowest BCUT2D eigenvalue weighted by Gasteiger charge is -2.46. The summed E-state index contributed by atoms with van der Waals surface area (Å²) in [6.45, 7) is 9.01. The van der Waals surface area contributed by atoms with Gasteiger partial charge in [-0.15, -0.1) is 0 Å². The molecular formula is C19H25ClN2O. The van der Waals surface area contributed by atoms with Gasteiger partial charge in [0.2, 0.25) is 0 Å². The number of benzene rings is 1. The highest BCUT2D eigenvalue weighted by molar-refractivity contribution is 6.31. The Morgan fingerprint density at radius 3 is 2.65 bits per heavy atom. The highest BCUT2D eigenvalue weighted by Gasteiger charge is 2.55. The lowest BCUT2D eigenvalue weighted by Crippen LogP contribution is -2.48. The van der Waals surface area contributed by atoms with Crippen LogP contribution >= 0.6 is 11.6 Å². The summed E-state index contributed by atoms with van der Waals surface area (Å²) in [6, 6.07) is 8.59. The van der Waals surface area contributed by atoms with Crippen molar-refractivity contribution in [2.75, 3.05) is 7.05 Å². The predicted molar refractivity (Wildman–Crippen MR) is 92.1 cm³/mol. The summed E-state index contributed by atoms with van der Waals surface area (Å²) in [7, 11) is 2.06. The van der Waals surface area contributed by atoms with Crippen molar-refractivity contribution >= 4 is 11.6 Å². The fourth-order valence-electron chi connectivity index (χ4n) is 4.91. The summed E-state index contributed by atoms with van der Waals surface area (Å²) in [5.41, 5.74) is 1.68. The van der Waals surface area contributed by atoms with Gasteiger partial charge in [0.25, 0.3) is 0 Å². The molecule has 0 spiro atoms. The maximum Gasteiger partial charge on any atom is 0.101 e. The van der Waals surface area contributed by atoms with Gasteiger partial charge in [0.1, 0.15) is 6.07 Å². The molecule has 4 atom stereocenters. The Hall–Kier alpha value is -1.08. The molecule has 1 aliphatic carbocycles. The number of fused-ring (bicyclic) bond motifs is 1. The summed E-state index contributed by atoms with van der Waals surface area (Å²) in [6.07, 6.45) is 2.15. The van der Waals surface area contributed by atoms with E-state index in [9.17, 15) is 5.26 Å². The maximum absolute atomic E-state index is 9.28.